The maximum absolute atomic E-state index is 13.5. The van der Waals surface area contributed by atoms with Gasteiger partial charge in [0.2, 0.25) is 5.91 Å². The SMILES string of the molecule is COc1ccc(C2C(=O)N(Cc3ccccc3)CC(=O)N2Cc2ccccc2)cc1. The van der Waals surface area contributed by atoms with Crippen LogP contribution in [0, 0.1) is 0 Å². The minimum Gasteiger partial charge on any atom is -0.497 e. The lowest BCUT2D eigenvalue weighted by atomic mass is 9.99. The molecule has 1 aliphatic rings. The normalized spacial score (nSPS) is 16.6. The van der Waals surface area contributed by atoms with Crippen molar-refractivity contribution in [3.63, 3.8) is 0 Å². The van der Waals surface area contributed by atoms with E-state index in [0.29, 0.717) is 18.8 Å². The smallest absolute Gasteiger partial charge is 0.250 e. The van der Waals surface area contributed by atoms with Gasteiger partial charge >= 0.3 is 0 Å². The van der Waals surface area contributed by atoms with E-state index in [2.05, 4.69) is 0 Å². The molecule has 1 saturated heterocycles. The van der Waals surface area contributed by atoms with E-state index in [4.69, 9.17) is 4.74 Å². The molecule has 0 bridgehead atoms. The van der Waals surface area contributed by atoms with Crippen molar-refractivity contribution in [3.8, 4) is 5.75 Å². The van der Waals surface area contributed by atoms with E-state index < -0.39 is 6.04 Å². The average molecular weight is 400 g/mol. The van der Waals surface area contributed by atoms with Gasteiger partial charge in [-0.3, -0.25) is 9.59 Å². The van der Waals surface area contributed by atoms with Gasteiger partial charge < -0.3 is 14.5 Å². The van der Waals surface area contributed by atoms with Gasteiger partial charge in [-0.05, 0) is 28.8 Å². The van der Waals surface area contributed by atoms with Crippen LogP contribution < -0.4 is 4.74 Å². The predicted molar refractivity (Wildman–Crippen MR) is 115 cm³/mol. The van der Waals surface area contributed by atoms with Crippen LogP contribution in [0.2, 0.25) is 0 Å². The lowest BCUT2D eigenvalue weighted by Gasteiger charge is -2.40. The molecular weight excluding hydrogens is 376 g/mol. The second-order valence-corrected chi connectivity index (χ2v) is 7.36. The summed E-state index contributed by atoms with van der Waals surface area (Å²) in [6, 6.07) is 26.2. The van der Waals surface area contributed by atoms with E-state index in [1.807, 2.05) is 84.9 Å². The van der Waals surface area contributed by atoms with E-state index in [0.717, 1.165) is 16.7 Å². The Balaban J connectivity index is 1.66. The highest BCUT2D eigenvalue weighted by Gasteiger charge is 2.40. The first-order valence-corrected chi connectivity index (χ1v) is 9.96. The lowest BCUT2D eigenvalue weighted by molar-refractivity contribution is -0.157. The van der Waals surface area contributed by atoms with Crippen molar-refractivity contribution in [1.29, 1.82) is 0 Å². The van der Waals surface area contributed by atoms with Gasteiger partial charge in [-0.25, -0.2) is 0 Å². The van der Waals surface area contributed by atoms with Crippen LogP contribution in [-0.2, 0) is 22.7 Å². The highest BCUT2D eigenvalue weighted by Crippen LogP contribution is 2.31. The molecule has 1 unspecified atom stereocenters. The summed E-state index contributed by atoms with van der Waals surface area (Å²) in [5, 5.41) is 0. The van der Waals surface area contributed by atoms with Crippen LogP contribution in [0.1, 0.15) is 22.7 Å². The fourth-order valence-electron chi connectivity index (χ4n) is 3.79. The van der Waals surface area contributed by atoms with Crippen molar-refractivity contribution in [3.05, 3.63) is 102 Å². The molecule has 1 atom stereocenters. The van der Waals surface area contributed by atoms with Crippen LogP contribution in [0.25, 0.3) is 0 Å². The van der Waals surface area contributed by atoms with E-state index in [1.54, 1.807) is 16.9 Å². The number of benzene rings is 3. The highest BCUT2D eigenvalue weighted by atomic mass is 16.5. The minimum atomic E-state index is -0.666. The second kappa shape index (κ2) is 8.82. The lowest BCUT2D eigenvalue weighted by Crippen LogP contribution is -2.54. The van der Waals surface area contributed by atoms with Gasteiger partial charge in [0.15, 0.2) is 0 Å². The Hall–Kier alpha value is -3.60. The molecule has 5 heteroatoms. The van der Waals surface area contributed by atoms with Gasteiger partial charge in [0.05, 0.1) is 7.11 Å². The quantitative estimate of drug-likeness (QED) is 0.632. The first-order chi connectivity index (χ1) is 14.7. The average Bonchev–Trinajstić information content (AvgIpc) is 2.79. The highest BCUT2D eigenvalue weighted by molar-refractivity contribution is 5.95. The number of carbonyl (C=O) groups is 2. The maximum Gasteiger partial charge on any atom is 0.250 e. The molecule has 2 amide bonds. The summed E-state index contributed by atoms with van der Waals surface area (Å²) in [5.74, 6) is 0.582. The molecule has 5 nitrogen and oxygen atoms in total. The molecule has 3 aromatic carbocycles. The number of piperazine rings is 1. The molecule has 3 aromatic rings. The van der Waals surface area contributed by atoms with Crippen LogP contribution in [0.5, 0.6) is 5.75 Å². The van der Waals surface area contributed by atoms with Gasteiger partial charge in [-0.1, -0.05) is 72.8 Å². The summed E-state index contributed by atoms with van der Waals surface area (Å²) in [6.45, 7) is 0.881. The number of carbonyl (C=O) groups excluding carboxylic acids is 2. The molecule has 0 radical (unpaired) electrons. The summed E-state index contributed by atoms with van der Waals surface area (Å²) < 4.78 is 5.25. The third kappa shape index (κ3) is 4.20. The van der Waals surface area contributed by atoms with Gasteiger partial charge in [-0.2, -0.15) is 0 Å². The molecule has 4 rings (SSSR count). The number of hydrogen-bond donors (Lipinski definition) is 0. The van der Waals surface area contributed by atoms with Crippen LogP contribution in [0.4, 0.5) is 0 Å². The summed E-state index contributed by atoms with van der Waals surface area (Å²) in [7, 11) is 1.60. The zero-order chi connectivity index (χ0) is 20.9. The van der Waals surface area contributed by atoms with E-state index in [1.165, 1.54) is 0 Å². The van der Waals surface area contributed by atoms with Crippen LogP contribution in [0.3, 0.4) is 0 Å². The van der Waals surface area contributed by atoms with Crippen LogP contribution in [-0.4, -0.2) is 35.3 Å². The number of hydrogen-bond acceptors (Lipinski definition) is 3. The molecule has 30 heavy (non-hydrogen) atoms. The van der Waals surface area contributed by atoms with E-state index in [-0.39, 0.29) is 18.4 Å². The number of nitrogens with zero attached hydrogens (tertiary/aromatic N) is 2. The predicted octanol–water partition coefficient (Wildman–Crippen LogP) is 3.81. The molecular formula is C25H24N2O3. The van der Waals surface area contributed by atoms with Crippen LogP contribution >= 0.6 is 0 Å². The van der Waals surface area contributed by atoms with Crippen LogP contribution in [0.15, 0.2) is 84.9 Å². The molecule has 0 saturated carbocycles. The van der Waals surface area contributed by atoms with Crippen molar-refractivity contribution in [2.75, 3.05) is 13.7 Å². The zero-order valence-corrected chi connectivity index (χ0v) is 16.9. The van der Waals surface area contributed by atoms with E-state index in [9.17, 15) is 9.59 Å². The number of ether oxygens (including phenoxy) is 1. The fourth-order valence-corrected chi connectivity index (χ4v) is 3.79. The fraction of sp³-hybridized carbons (Fsp3) is 0.200. The summed E-state index contributed by atoms with van der Waals surface area (Å²) >= 11 is 0. The van der Waals surface area contributed by atoms with Gasteiger partial charge in [0.1, 0.15) is 18.3 Å². The third-order valence-electron chi connectivity index (χ3n) is 5.35. The summed E-state index contributed by atoms with van der Waals surface area (Å²) in [6.07, 6.45) is 0. The Labute approximate surface area is 176 Å². The number of rotatable bonds is 6. The maximum atomic E-state index is 13.5. The number of methoxy groups -OCH3 is 1. The summed E-state index contributed by atoms with van der Waals surface area (Å²) in [4.78, 5) is 30.0. The Morgan fingerprint density at radius 2 is 1.37 bits per heavy atom. The topological polar surface area (TPSA) is 49.9 Å². The standard InChI is InChI=1S/C25H24N2O3/c1-30-22-14-12-21(13-15-22)24-25(29)26(16-19-8-4-2-5-9-19)18-23(28)27(24)17-20-10-6-3-7-11-20/h2-15,24H,16-18H2,1H3. The molecule has 1 heterocycles. The van der Waals surface area contributed by atoms with Gasteiger partial charge in [0.25, 0.3) is 5.91 Å². The molecule has 1 aliphatic heterocycles. The second-order valence-electron chi connectivity index (χ2n) is 7.36. The first-order valence-electron chi connectivity index (χ1n) is 9.96. The molecule has 152 valence electrons. The van der Waals surface area contributed by atoms with Crippen molar-refractivity contribution in [2.24, 2.45) is 0 Å². The number of amides is 2. The van der Waals surface area contributed by atoms with Crippen molar-refractivity contribution in [1.82, 2.24) is 9.80 Å². The molecule has 0 spiro atoms. The van der Waals surface area contributed by atoms with Crippen molar-refractivity contribution >= 4 is 11.8 Å². The summed E-state index contributed by atoms with van der Waals surface area (Å²) in [5.41, 5.74) is 2.78. The molecule has 0 N–H and O–H groups in total. The Kier molecular flexibility index (Phi) is 5.80. The third-order valence-corrected chi connectivity index (χ3v) is 5.35. The molecule has 0 aromatic heterocycles. The first kappa shape index (κ1) is 19.7. The Morgan fingerprint density at radius 1 is 0.800 bits per heavy atom. The monoisotopic (exact) mass is 400 g/mol. The van der Waals surface area contributed by atoms with E-state index >= 15 is 0 Å². The molecule has 0 aliphatic carbocycles. The minimum absolute atomic E-state index is 0.0600. The zero-order valence-electron chi connectivity index (χ0n) is 16.9. The Bertz CT molecular complexity index is 1000. The van der Waals surface area contributed by atoms with Crippen molar-refractivity contribution < 1.29 is 14.3 Å². The van der Waals surface area contributed by atoms with Gasteiger partial charge in [0, 0.05) is 13.1 Å². The van der Waals surface area contributed by atoms with Gasteiger partial charge in [-0.15, -0.1) is 0 Å². The van der Waals surface area contributed by atoms with Crippen molar-refractivity contribution in [2.45, 2.75) is 19.1 Å². The Morgan fingerprint density at radius 3 is 1.93 bits per heavy atom. The molecule has 1 fully saturated rings. The largest absolute Gasteiger partial charge is 0.497 e.